The second-order valence-corrected chi connectivity index (χ2v) is 6.10. The first-order valence-corrected chi connectivity index (χ1v) is 7.45. The van der Waals surface area contributed by atoms with Gasteiger partial charge in [-0.1, -0.05) is 12.0 Å². The molecule has 0 saturated heterocycles. The standard InChI is InChI=1S/C12H17N3O4S/c1-7(5-10(17)18-2)20-6-9(16)13-12-15-14-11(19-12)8-3-4-8/h7-8H,3-6H2,1-2H3,(H,13,15,16). The summed E-state index contributed by atoms with van der Waals surface area (Å²) in [4.78, 5) is 22.8. The molecular weight excluding hydrogens is 282 g/mol. The number of hydrogen-bond acceptors (Lipinski definition) is 7. The van der Waals surface area contributed by atoms with Crippen LogP contribution in [0.15, 0.2) is 4.42 Å². The van der Waals surface area contributed by atoms with Gasteiger partial charge < -0.3 is 9.15 Å². The molecule has 1 aromatic rings. The maximum atomic E-state index is 11.7. The lowest BCUT2D eigenvalue weighted by molar-refractivity contribution is -0.140. The van der Waals surface area contributed by atoms with Crippen LogP contribution in [0.2, 0.25) is 0 Å². The molecule has 1 heterocycles. The molecule has 7 nitrogen and oxygen atoms in total. The number of nitrogens with zero attached hydrogens (tertiary/aromatic N) is 2. The van der Waals surface area contributed by atoms with Crippen molar-refractivity contribution in [1.29, 1.82) is 0 Å². The third kappa shape index (κ3) is 4.52. The minimum absolute atomic E-state index is 0.0120. The second kappa shape index (κ2) is 6.74. The predicted molar refractivity (Wildman–Crippen MR) is 73.5 cm³/mol. The van der Waals surface area contributed by atoms with Crippen LogP contribution in [-0.4, -0.2) is 40.2 Å². The van der Waals surface area contributed by atoms with Crippen molar-refractivity contribution in [2.24, 2.45) is 0 Å². The lowest BCUT2D eigenvalue weighted by atomic mass is 10.3. The van der Waals surface area contributed by atoms with Crippen LogP contribution in [0.3, 0.4) is 0 Å². The average molecular weight is 299 g/mol. The lowest BCUT2D eigenvalue weighted by Gasteiger charge is -2.08. The molecule has 0 aliphatic heterocycles. The lowest BCUT2D eigenvalue weighted by Crippen LogP contribution is -2.17. The second-order valence-electron chi connectivity index (χ2n) is 4.67. The highest BCUT2D eigenvalue weighted by molar-refractivity contribution is 8.00. The molecule has 1 aromatic heterocycles. The first-order chi connectivity index (χ1) is 9.58. The van der Waals surface area contributed by atoms with Crippen LogP contribution in [-0.2, 0) is 14.3 Å². The van der Waals surface area contributed by atoms with E-state index in [0.717, 1.165) is 12.8 Å². The van der Waals surface area contributed by atoms with E-state index in [9.17, 15) is 9.59 Å². The van der Waals surface area contributed by atoms with E-state index >= 15 is 0 Å². The number of nitrogens with one attached hydrogen (secondary N) is 1. The molecule has 0 bridgehead atoms. The van der Waals surface area contributed by atoms with Crippen molar-refractivity contribution in [2.45, 2.75) is 37.4 Å². The number of carbonyl (C=O) groups is 2. The van der Waals surface area contributed by atoms with Crippen LogP contribution >= 0.6 is 11.8 Å². The largest absolute Gasteiger partial charge is 0.469 e. The van der Waals surface area contributed by atoms with Crippen molar-refractivity contribution in [1.82, 2.24) is 10.2 Å². The van der Waals surface area contributed by atoms with Crippen molar-refractivity contribution in [3.05, 3.63) is 5.89 Å². The molecule has 2 rings (SSSR count). The highest BCUT2D eigenvalue weighted by Gasteiger charge is 2.29. The van der Waals surface area contributed by atoms with Gasteiger partial charge in [0.2, 0.25) is 11.8 Å². The monoisotopic (exact) mass is 299 g/mol. The molecule has 110 valence electrons. The fourth-order valence-corrected chi connectivity index (χ4v) is 2.29. The maximum Gasteiger partial charge on any atom is 0.322 e. The minimum atomic E-state index is -0.281. The number of thioether (sulfide) groups is 1. The van der Waals surface area contributed by atoms with Gasteiger partial charge in [0, 0.05) is 11.2 Å². The Kier molecular flexibility index (Phi) is 4.99. The number of esters is 1. The Labute approximate surface area is 120 Å². The third-order valence-electron chi connectivity index (χ3n) is 2.79. The quantitative estimate of drug-likeness (QED) is 0.763. The first kappa shape index (κ1) is 14.8. The van der Waals surface area contributed by atoms with Gasteiger partial charge in [-0.15, -0.1) is 16.9 Å². The Bertz CT molecular complexity index is 487. The summed E-state index contributed by atoms with van der Waals surface area (Å²) in [7, 11) is 1.35. The van der Waals surface area contributed by atoms with Gasteiger partial charge in [0.1, 0.15) is 0 Å². The van der Waals surface area contributed by atoms with Crippen molar-refractivity contribution in [3.63, 3.8) is 0 Å². The topological polar surface area (TPSA) is 94.3 Å². The van der Waals surface area contributed by atoms with Crippen molar-refractivity contribution in [3.8, 4) is 0 Å². The van der Waals surface area contributed by atoms with E-state index < -0.39 is 0 Å². The highest BCUT2D eigenvalue weighted by atomic mass is 32.2. The van der Waals surface area contributed by atoms with E-state index in [1.54, 1.807) is 0 Å². The fraction of sp³-hybridized carbons (Fsp3) is 0.667. The normalized spacial score (nSPS) is 15.7. The van der Waals surface area contributed by atoms with E-state index in [1.807, 2.05) is 6.92 Å². The average Bonchev–Trinajstić information content (AvgIpc) is 3.17. The zero-order chi connectivity index (χ0) is 14.5. The molecule has 1 amide bonds. The Morgan fingerprint density at radius 2 is 2.25 bits per heavy atom. The van der Waals surface area contributed by atoms with Crippen LogP contribution in [0.25, 0.3) is 0 Å². The number of methoxy groups -OCH3 is 1. The van der Waals surface area contributed by atoms with Crippen LogP contribution in [0.5, 0.6) is 0 Å². The summed E-state index contributed by atoms with van der Waals surface area (Å²) in [6.07, 6.45) is 2.41. The molecule has 1 unspecified atom stereocenters. The van der Waals surface area contributed by atoms with Gasteiger partial charge in [0.05, 0.1) is 19.3 Å². The zero-order valence-electron chi connectivity index (χ0n) is 11.4. The van der Waals surface area contributed by atoms with Gasteiger partial charge in [-0.25, -0.2) is 0 Å². The van der Waals surface area contributed by atoms with Gasteiger partial charge in [0.25, 0.3) is 0 Å². The fourth-order valence-electron chi connectivity index (χ4n) is 1.53. The summed E-state index contributed by atoms with van der Waals surface area (Å²) in [6, 6.07) is 0.137. The summed E-state index contributed by atoms with van der Waals surface area (Å²) in [5.74, 6) is 0.669. The van der Waals surface area contributed by atoms with E-state index in [-0.39, 0.29) is 35.3 Å². The molecular formula is C12H17N3O4S. The SMILES string of the molecule is COC(=O)CC(C)SCC(=O)Nc1nnc(C2CC2)o1. The number of aromatic nitrogens is 2. The first-order valence-electron chi connectivity index (χ1n) is 6.40. The molecule has 1 N–H and O–H groups in total. The molecule has 0 aromatic carbocycles. The van der Waals surface area contributed by atoms with Crippen LogP contribution in [0.1, 0.15) is 38.0 Å². The highest BCUT2D eigenvalue weighted by Crippen LogP contribution is 2.39. The molecule has 0 radical (unpaired) electrons. The maximum absolute atomic E-state index is 11.7. The van der Waals surface area contributed by atoms with Crippen LogP contribution < -0.4 is 5.32 Å². The van der Waals surface area contributed by atoms with Crippen molar-refractivity contribution >= 4 is 29.7 Å². The number of rotatable bonds is 7. The number of hydrogen-bond donors (Lipinski definition) is 1. The molecule has 1 aliphatic carbocycles. The van der Waals surface area contributed by atoms with Gasteiger partial charge in [-0.3, -0.25) is 14.9 Å². The summed E-state index contributed by atoms with van der Waals surface area (Å²) in [5.41, 5.74) is 0. The molecule has 1 atom stereocenters. The van der Waals surface area contributed by atoms with Gasteiger partial charge in [-0.2, -0.15) is 0 Å². The number of amides is 1. The Morgan fingerprint density at radius 3 is 2.90 bits per heavy atom. The van der Waals surface area contributed by atoms with E-state index in [0.29, 0.717) is 11.8 Å². The zero-order valence-corrected chi connectivity index (χ0v) is 12.2. The van der Waals surface area contributed by atoms with Crippen molar-refractivity contribution in [2.75, 3.05) is 18.2 Å². The van der Waals surface area contributed by atoms with Gasteiger partial charge in [-0.05, 0) is 12.8 Å². The van der Waals surface area contributed by atoms with Gasteiger partial charge >= 0.3 is 12.0 Å². The van der Waals surface area contributed by atoms with E-state index in [4.69, 9.17) is 4.42 Å². The third-order valence-corrected chi connectivity index (χ3v) is 3.96. The predicted octanol–water partition coefficient (Wildman–Crippen LogP) is 1.57. The molecule has 8 heteroatoms. The summed E-state index contributed by atoms with van der Waals surface area (Å²) in [5, 5.41) is 10.2. The number of ether oxygens (including phenoxy) is 1. The minimum Gasteiger partial charge on any atom is -0.469 e. The van der Waals surface area contributed by atoms with Crippen molar-refractivity contribution < 1.29 is 18.7 Å². The van der Waals surface area contributed by atoms with E-state index in [2.05, 4.69) is 20.3 Å². The smallest absolute Gasteiger partial charge is 0.322 e. The summed E-state index contributed by atoms with van der Waals surface area (Å²) in [6.45, 7) is 1.87. The Hall–Kier alpha value is -1.57. The molecule has 1 aliphatic rings. The molecule has 0 spiro atoms. The van der Waals surface area contributed by atoms with Crippen LogP contribution in [0.4, 0.5) is 6.01 Å². The van der Waals surface area contributed by atoms with Crippen LogP contribution in [0, 0.1) is 0 Å². The van der Waals surface area contributed by atoms with Gasteiger partial charge in [0.15, 0.2) is 0 Å². The number of anilines is 1. The Balaban J connectivity index is 1.70. The summed E-state index contributed by atoms with van der Waals surface area (Å²) >= 11 is 1.37. The van der Waals surface area contributed by atoms with E-state index in [1.165, 1.54) is 18.9 Å². The molecule has 1 fully saturated rings. The number of carbonyl (C=O) groups excluding carboxylic acids is 2. The Morgan fingerprint density at radius 1 is 1.50 bits per heavy atom. The molecule has 20 heavy (non-hydrogen) atoms. The molecule has 1 saturated carbocycles. The summed E-state index contributed by atoms with van der Waals surface area (Å²) < 4.78 is 9.90.